The second kappa shape index (κ2) is 11.5. The number of carbonyl (C=O) groups excluding carboxylic acids is 5. The fourth-order valence-corrected chi connectivity index (χ4v) is 4.30. The van der Waals surface area contributed by atoms with Gasteiger partial charge in [-0.3, -0.25) is 24.0 Å². The van der Waals surface area contributed by atoms with Crippen LogP contribution in [0.4, 0.5) is 0 Å². The third kappa shape index (κ3) is 6.62. The number of carbonyl (C=O) groups is 5. The Balaban J connectivity index is 1.77. The van der Waals surface area contributed by atoms with Crippen LogP contribution in [0.15, 0.2) is 22.9 Å². The van der Waals surface area contributed by atoms with Crippen molar-refractivity contribution in [3.63, 3.8) is 0 Å². The van der Waals surface area contributed by atoms with Gasteiger partial charge in [0.2, 0.25) is 18.0 Å². The van der Waals surface area contributed by atoms with Gasteiger partial charge in [0.05, 0.1) is 6.42 Å². The van der Waals surface area contributed by atoms with Gasteiger partial charge in [-0.2, -0.15) is 0 Å². The van der Waals surface area contributed by atoms with Crippen LogP contribution in [0.2, 0.25) is 0 Å². The van der Waals surface area contributed by atoms with Crippen LogP contribution in [0.5, 0.6) is 0 Å². The van der Waals surface area contributed by atoms with Crippen molar-refractivity contribution >= 4 is 29.6 Å². The molecule has 3 rings (SSSR count). The van der Waals surface area contributed by atoms with Crippen molar-refractivity contribution in [3.8, 4) is 0 Å². The van der Waals surface area contributed by atoms with Crippen LogP contribution in [-0.2, 0) is 52.4 Å². The lowest BCUT2D eigenvalue weighted by Crippen LogP contribution is -2.54. The highest BCUT2D eigenvalue weighted by Gasteiger charge is 2.46. The number of Topliss-reactive ketones (excluding diaryl/α,β-unsaturated/α-hetero) is 1. The second-order valence-corrected chi connectivity index (χ2v) is 8.74. The Labute approximate surface area is 208 Å². The quantitative estimate of drug-likeness (QED) is 0.290. The largest absolute Gasteiger partial charge is 0.463 e. The van der Waals surface area contributed by atoms with Gasteiger partial charge in [-0.1, -0.05) is 0 Å². The maximum Gasteiger partial charge on any atom is 0.303 e. The summed E-state index contributed by atoms with van der Waals surface area (Å²) in [5.41, 5.74) is 0.792. The predicted molar refractivity (Wildman–Crippen MR) is 119 cm³/mol. The predicted octanol–water partition coefficient (Wildman–Crippen LogP) is 1.27. The van der Waals surface area contributed by atoms with E-state index in [9.17, 15) is 24.0 Å². The molecule has 3 aliphatic heterocycles. The van der Waals surface area contributed by atoms with Crippen LogP contribution in [0.3, 0.4) is 0 Å². The zero-order valence-corrected chi connectivity index (χ0v) is 21.0. The smallest absolute Gasteiger partial charge is 0.303 e. The molecule has 3 unspecified atom stereocenters. The van der Waals surface area contributed by atoms with E-state index in [1.165, 1.54) is 27.7 Å². The monoisotopic (exact) mass is 509 g/mol. The summed E-state index contributed by atoms with van der Waals surface area (Å²) >= 11 is 0. The fourth-order valence-electron chi connectivity index (χ4n) is 4.30. The Kier molecular flexibility index (Phi) is 8.72. The molecule has 12 nitrogen and oxygen atoms in total. The number of nitrogens with zero attached hydrogens (tertiary/aromatic N) is 1. The first-order valence-corrected chi connectivity index (χ1v) is 11.7. The van der Waals surface area contributed by atoms with Gasteiger partial charge in [0.1, 0.15) is 24.6 Å². The first-order chi connectivity index (χ1) is 17.0. The lowest BCUT2D eigenvalue weighted by Gasteiger charge is -2.39. The molecule has 0 aliphatic carbocycles. The van der Waals surface area contributed by atoms with Gasteiger partial charge in [-0.05, 0) is 25.3 Å². The first-order valence-electron chi connectivity index (χ1n) is 11.7. The summed E-state index contributed by atoms with van der Waals surface area (Å²) in [6.07, 6.45) is -3.19. The number of piperidine rings is 1. The summed E-state index contributed by atoms with van der Waals surface area (Å²) in [4.78, 5) is 61.2. The summed E-state index contributed by atoms with van der Waals surface area (Å²) in [6.45, 7) is 7.37. The Bertz CT molecular complexity index is 988. The lowest BCUT2D eigenvalue weighted by molar-refractivity contribution is -0.257. The van der Waals surface area contributed by atoms with Gasteiger partial charge in [-0.25, -0.2) is 0 Å². The normalized spacial score (nSPS) is 26.4. The first kappa shape index (κ1) is 27.2. The lowest BCUT2D eigenvalue weighted by atomic mass is 10.0. The van der Waals surface area contributed by atoms with Crippen LogP contribution < -0.4 is 0 Å². The third-order valence-corrected chi connectivity index (χ3v) is 5.92. The summed E-state index contributed by atoms with van der Waals surface area (Å²) in [5, 5.41) is 0. The van der Waals surface area contributed by atoms with Gasteiger partial charge >= 0.3 is 17.9 Å². The molecule has 0 saturated carbocycles. The minimum Gasteiger partial charge on any atom is -0.463 e. The molecule has 0 aromatic heterocycles. The van der Waals surface area contributed by atoms with Crippen molar-refractivity contribution in [3.05, 3.63) is 22.9 Å². The van der Waals surface area contributed by atoms with Crippen molar-refractivity contribution in [1.82, 2.24) is 4.90 Å². The molecule has 0 aromatic rings. The van der Waals surface area contributed by atoms with Crippen LogP contribution >= 0.6 is 0 Å². The highest BCUT2D eigenvalue weighted by atomic mass is 16.7. The van der Waals surface area contributed by atoms with Crippen LogP contribution in [-0.4, -0.2) is 78.8 Å². The van der Waals surface area contributed by atoms with Crippen molar-refractivity contribution in [2.24, 2.45) is 0 Å². The molecule has 198 valence electrons. The minimum atomic E-state index is -1.09. The maximum absolute atomic E-state index is 13.1. The highest BCUT2D eigenvalue weighted by Crippen LogP contribution is 2.35. The van der Waals surface area contributed by atoms with Crippen molar-refractivity contribution in [2.45, 2.75) is 78.5 Å². The molecular formula is C24H31NO11. The number of amides is 1. The maximum atomic E-state index is 13.1. The number of ether oxygens (including phenoxy) is 6. The molecule has 0 radical (unpaired) electrons. The molecule has 3 heterocycles. The number of hydrogen-bond acceptors (Lipinski definition) is 11. The molecule has 0 bridgehead atoms. The number of likely N-dealkylation sites (tertiary alicyclic amines) is 1. The summed E-state index contributed by atoms with van der Waals surface area (Å²) in [5.74, 6) is -1.97. The molecule has 4 atom stereocenters. The van der Waals surface area contributed by atoms with E-state index in [1.54, 1.807) is 11.8 Å². The Morgan fingerprint density at radius 3 is 2.17 bits per heavy atom. The van der Waals surface area contributed by atoms with E-state index in [2.05, 4.69) is 0 Å². The molecule has 0 spiro atoms. The topological polar surface area (TPSA) is 144 Å². The highest BCUT2D eigenvalue weighted by molar-refractivity contribution is 6.08. The summed E-state index contributed by atoms with van der Waals surface area (Å²) in [7, 11) is 0. The van der Waals surface area contributed by atoms with E-state index in [4.69, 9.17) is 28.4 Å². The minimum absolute atomic E-state index is 0.0248. The van der Waals surface area contributed by atoms with Gasteiger partial charge in [0.25, 0.3) is 5.78 Å². The van der Waals surface area contributed by atoms with Gasteiger partial charge in [0, 0.05) is 40.8 Å². The SMILES string of the molecule is CC(=O)OCC1OC(OC2=C(C)OC(=C3CCN(C(C)=O)CC3)C2=O)CC(OC(C)=O)[C@@H]1OC(C)=O. The van der Waals surface area contributed by atoms with Crippen LogP contribution in [0.25, 0.3) is 0 Å². The third-order valence-electron chi connectivity index (χ3n) is 5.92. The van der Waals surface area contributed by atoms with Crippen molar-refractivity contribution in [1.29, 1.82) is 0 Å². The van der Waals surface area contributed by atoms with E-state index in [-0.39, 0.29) is 36.2 Å². The van der Waals surface area contributed by atoms with E-state index in [1.807, 2.05) is 0 Å². The molecule has 0 aromatic carbocycles. The van der Waals surface area contributed by atoms with Crippen molar-refractivity contribution in [2.75, 3.05) is 19.7 Å². The molecule has 2 fully saturated rings. The molecule has 0 N–H and O–H groups in total. The van der Waals surface area contributed by atoms with Gasteiger partial charge in [-0.15, -0.1) is 0 Å². The number of rotatable bonds is 6. The zero-order valence-electron chi connectivity index (χ0n) is 21.0. The summed E-state index contributed by atoms with van der Waals surface area (Å²) < 4.78 is 33.2. The van der Waals surface area contributed by atoms with Gasteiger partial charge < -0.3 is 33.3 Å². The molecule has 1 amide bonds. The standard InChI is InChI=1S/C24H31NO11/c1-12-22(21(30)23(32-12)17-6-8-25(9-7-17)13(2)26)36-20-10-18(33-15(4)28)24(34-16(5)29)19(35-20)11-31-14(3)27/h18-20,24H,6-11H2,1-5H3/t18?,19?,20?,24-/m0/s1. The Morgan fingerprint density at radius 2 is 1.61 bits per heavy atom. The number of ketones is 1. The zero-order chi connectivity index (χ0) is 26.6. The second-order valence-electron chi connectivity index (χ2n) is 8.74. The number of esters is 3. The fraction of sp³-hybridized carbons (Fsp3) is 0.625. The average molecular weight is 510 g/mol. The van der Waals surface area contributed by atoms with E-state index in [0.717, 1.165) is 5.57 Å². The molecule has 36 heavy (non-hydrogen) atoms. The Morgan fingerprint density at radius 1 is 0.972 bits per heavy atom. The molecular weight excluding hydrogens is 478 g/mol. The van der Waals surface area contributed by atoms with Crippen LogP contribution in [0.1, 0.15) is 53.9 Å². The van der Waals surface area contributed by atoms with E-state index in [0.29, 0.717) is 25.9 Å². The van der Waals surface area contributed by atoms with Crippen molar-refractivity contribution < 1.29 is 52.4 Å². The van der Waals surface area contributed by atoms with Gasteiger partial charge in [0.15, 0.2) is 11.9 Å². The summed E-state index contributed by atoms with van der Waals surface area (Å²) in [6, 6.07) is 0. The molecule has 12 heteroatoms. The Hall–Kier alpha value is -3.41. The van der Waals surface area contributed by atoms with E-state index >= 15 is 0 Å². The molecule has 2 saturated heterocycles. The average Bonchev–Trinajstić information content (AvgIpc) is 3.07. The van der Waals surface area contributed by atoms with E-state index < -0.39 is 48.3 Å². The number of allylic oxidation sites excluding steroid dienone is 1. The van der Waals surface area contributed by atoms with Crippen LogP contribution in [0, 0.1) is 0 Å². The molecule has 3 aliphatic rings. The number of hydrogen-bond donors (Lipinski definition) is 0.